The van der Waals surface area contributed by atoms with Crippen LogP contribution in [0, 0.1) is 6.92 Å². The number of aryl methyl sites for hydroxylation is 1. The molecule has 110 valence electrons. The zero-order valence-corrected chi connectivity index (χ0v) is 13.1. The van der Waals surface area contributed by atoms with Crippen LogP contribution in [0.25, 0.3) is 0 Å². The van der Waals surface area contributed by atoms with Crippen molar-refractivity contribution in [3.05, 3.63) is 22.7 Å². The van der Waals surface area contributed by atoms with E-state index in [4.69, 9.17) is 17.3 Å². The molecule has 2 aliphatic heterocycles. The van der Waals surface area contributed by atoms with Crippen LogP contribution < -0.4 is 11.1 Å². The van der Waals surface area contributed by atoms with Crippen LogP contribution in [0.1, 0.15) is 37.7 Å². The van der Waals surface area contributed by atoms with Crippen LogP contribution >= 0.6 is 11.6 Å². The highest BCUT2D eigenvalue weighted by atomic mass is 35.5. The number of benzene rings is 1. The van der Waals surface area contributed by atoms with Gasteiger partial charge in [0, 0.05) is 23.8 Å². The van der Waals surface area contributed by atoms with Crippen molar-refractivity contribution in [2.45, 2.75) is 57.2 Å². The third-order valence-corrected chi connectivity index (χ3v) is 5.37. The van der Waals surface area contributed by atoms with Crippen LogP contribution in [-0.2, 0) is 0 Å². The molecule has 1 aromatic carbocycles. The fourth-order valence-corrected chi connectivity index (χ4v) is 3.98. The lowest BCUT2D eigenvalue weighted by molar-refractivity contribution is 0.0608. The molecule has 2 unspecified atom stereocenters. The van der Waals surface area contributed by atoms with Crippen LogP contribution in [0.5, 0.6) is 0 Å². The van der Waals surface area contributed by atoms with Gasteiger partial charge in [-0.05, 0) is 57.4 Å². The number of fused-ring (bicyclic) bond motifs is 2. The Hall–Kier alpha value is -0.930. The lowest BCUT2D eigenvalue weighted by Crippen LogP contribution is -2.52. The molecule has 3 rings (SSSR count). The van der Waals surface area contributed by atoms with Gasteiger partial charge < -0.3 is 16.0 Å². The lowest BCUT2D eigenvalue weighted by atomic mass is 9.82. The van der Waals surface area contributed by atoms with E-state index in [-0.39, 0.29) is 0 Å². The summed E-state index contributed by atoms with van der Waals surface area (Å²) in [6, 6.07) is 5.97. The van der Waals surface area contributed by atoms with Crippen molar-refractivity contribution < 1.29 is 0 Å². The predicted octanol–water partition coefficient (Wildman–Crippen LogP) is 3.66. The lowest BCUT2D eigenvalue weighted by Gasteiger charge is -2.47. The number of rotatable bonds is 2. The van der Waals surface area contributed by atoms with Gasteiger partial charge in [-0.15, -0.1) is 0 Å². The van der Waals surface area contributed by atoms with Crippen LogP contribution in [0.2, 0.25) is 5.02 Å². The van der Waals surface area contributed by atoms with E-state index in [1.54, 1.807) is 0 Å². The van der Waals surface area contributed by atoms with Crippen molar-refractivity contribution >= 4 is 23.0 Å². The Labute approximate surface area is 126 Å². The number of piperidine rings is 2. The van der Waals surface area contributed by atoms with Crippen molar-refractivity contribution in [1.82, 2.24) is 4.90 Å². The zero-order valence-electron chi connectivity index (χ0n) is 12.3. The van der Waals surface area contributed by atoms with Gasteiger partial charge in [-0.25, -0.2) is 0 Å². The maximum Gasteiger partial charge on any atom is 0.0656 e. The Morgan fingerprint density at radius 3 is 2.55 bits per heavy atom. The van der Waals surface area contributed by atoms with E-state index in [2.05, 4.69) is 24.2 Å². The number of nitrogens with two attached hydrogens (primary N) is 1. The fourth-order valence-electron chi connectivity index (χ4n) is 3.81. The molecule has 0 spiro atoms. The monoisotopic (exact) mass is 293 g/mol. The first-order chi connectivity index (χ1) is 9.54. The highest BCUT2D eigenvalue weighted by Gasteiger charge is 2.35. The Morgan fingerprint density at radius 2 is 1.90 bits per heavy atom. The van der Waals surface area contributed by atoms with Gasteiger partial charge in [0.05, 0.1) is 10.7 Å². The van der Waals surface area contributed by atoms with Gasteiger partial charge in [0.25, 0.3) is 0 Å². The van der Waals surface area contributed by atoms with E-state index in [9.17, 15) is 0 Å². The third kappa shape index (κ3) is 2.61. The van der Waals surface area contributed by atoms with E-state index in [0.29, 0.717) is 16.8 Å². The molecule has 2 heterocycles. The fraction of sp³-hybridized carbons (Fsp3) is 0.625. The molecule has 0 aromatic heterocycles. The van der Waals surface area contributed by atoms with E-state index >= 15 is 0 Å². The number of hydrogen-bond donors (Lipinski definition) is 2. The Balaban J connectivity index is 1.74. The standard InChI is InChI=1S/C16H24ClN3/c1-10-6-15(18)14(17)9-16(10)19-11-7-12-4-3-5-13(8-11)20(12)2/h6,9,11-13,19H,3-5,7-8,18H2,1-2H3. The van der Waals surface area contributed by atoms with Gasteiger partial charge in [0.15, 0.2) is 0 Å². The first kappa shape index (κ1) is 14.0. The summed E-state index contributed by atoms with van der Waals surface area (Å²) < 4.78 is 0. The summed E-state index contributed by atoms with van der Waals surface area (Å²) in [6.45, 7) is 2.09. The van der Waals surface area contributed by atoms with Crippen LogP contribution in [0.4, 0.5) is 11.4 Å². The topological polar surface area (TPSA) is 41.3 Å². The van der Waals surface area contributed by atoms with Crippen LogP contribution in [0.15, 0.2) is 12.1 Å². The summed E-state index contributed by atoms with van der Waals surface area (Å²) in [5, 5.41) is 4.34. The molecular formula is C16H24ClN3. The molecule has 2 saturated heterocycles. The van der Waals surface area contributed by atoms with Gasteiger partial charge in [0.1, 0.15) is 0 Å². The second-order valence-corrected chi connectivity index (χ2v) is 6.81. The average Bonchev–Trinajstić information content (AvgIpc) is 2.37. The highest BCUT2D eigenvalue weighted by Crippen LogP contribution is 2.35. The molecule has 3 N–H and O–H groups in total. The molecule has 0 aliphatic carbocycles. The van der Waals surface area contributed by atoms with E-state index < -0.39 is 0 Å². The van der Waals surface area contributed by atoms with Crippen molar-refractivity contribution in [3.8, 4) is 0 Å². The molecule has 4 heteroatoms. The molecule has 20 heavy (non-hydrogen) atoms. The summed E-state index contributed by atoms with van der Waals surface area (Å²) in [7, 11) is 2.29. The van der Waals surface area contributed by atoms with E-state index in [1.165, 1.54) is 37.7 Å². The molecule has 0 saturated carbocycles. The largest absolute Gasteiger partial charge is 0.398 e. The van der Waals surface area contributed by atoms with E-state index in [0.717, 1.165) is 17.8 Å². The maximum absolute atomic E-state index is 6.15. The molecule has 2 fully saturated rings. The number of nitrogens with one attached hydrogen (secondary N) is 1. The van der Waals surface area contributed by atoms with Crippen molar-refractivity contribution in [1.29, 1.82) is 0 Å². The Morgan fingerprint density at radius 1 is 1.25 bits per heavy atom. The number of halogens is 1. The molecule has 1 aromatic rings. The molecule has 2 aliphatic rings. The quantitative estimate of drug-likeness (QED) is 0.818. The summed E-state index contributed by atoms with van der Waals surface area (Å²) in [6.07, 6.45) is 6.53. The summed E-state index contributed by atoms with van der Waals surface area (Å²) in [4.78, 5) is 2.59. The minimum Gasteiger partial charge on any atom is -0.398 e. The van der Waals surface area contributed by atoms with Gasteiger partial charge in [0.2, 0.25) is 0 Å². The van der Waals surface area contributed by atoms with E-state index in [1.807, 2.05) is 12.1 Å². The second kappa shape index (κ2) is 5.45. The molecule has 2 bridgehead atoms. The molecule has 0 amide bonds. The second-order valence-electron chi connectivity index (χ2n) is 6.41. The highest BCUT2D eigenvalue weighted by molar-refractivity contribution is 6.33. The SMILES string of the molecule is Cc1cc(N)c(Cl)cc1NC1CC2CCCC(C1)N2C. The molecule has 2 atom stereocenters. The molecular weight excluding hydrogens is 270 g/mol. The van der Waals surface area contributed by atoms with Crippen molar-refractivity contribution in [2.24, 2.45) is 0 Å². The molecule has 3 nitrogen and oxygen atoms in total. The average molecular weight is 294 g/mol. The minimum absolute atomic E-state index is 0.555. The number of hydrogen-bond acceptors (Lipinski definition) is 3. The van der Waals surface area contributed by atoms with Crippen molar-refractivity contribution in [2.75, 3.05) is 18.1 Å². The van der Waals surface area contributed by atoms with Gasteiger partial charge in [-0.1, -0.05) is 18.0 Å². The summed E-state index contributed by atoms with van der Waals surface area (Å²) in [5.41, 5.74) is 8.82. The Kier molecular flexibility index (Phi) is 3.83. The first-order valence-electron chi connectivity index (χ1n) is 7.58. The third-order valence-electron chi connectivity index (χ3n) is 5.04. The normalized spacial score (nSPS) is 30.2. The number of nitrogens with zero attached hydrogens (tertiary/aromatic N) is 1. The maximum atomic E-state index is 6.15. The van der Waals surface area contributed by atoms with Crippen LogP contribution in [-0.4, -0.2) is 30.1 Å². The number of anilines is 2. The number of nitrogen functional groups attached to an aromatic ring is 1. The van der Waals surface area contributed by atoms with Crippen molar-refractivity contribution in [3.63, 3.8) is 0 Å². The molecule has 0 radical (unpaired) electrons. The zero-order chi connectivity index (χ0) is 14.3. The van der Waals surface area contributed by atoms with Crippen LogP contribution in [0.3, 0.4) is 0 Å². The summed E-state index contributed by atoms with van der Waals surface area (Å²) >= 11 is 6.15. The van der Waals surface area contributed by atoms with Gasteiger partial charge in [-0.2, -0.15) is 0 Å². The van der Waals surface area contributed by atoms with Gasteiger partial charge >= 0.3 is 0 Å². The summed E-state index contributed by atoms with van der Waals surface area (Å²) in [5.74, 6) is 0. The minimum atomic E-state index is 0.555. The first-order valence-corrected chi connectivity index (χ1v) is 7.96. The predicted molar refractivity (Wildman–Crippen MR) is 86.4 cm³/mol. The Bertz CT molecular complexity index is 489. The van der Waals surface area contributed by atoms with Gasteiger partial charge in [-0.3, -0.25) is 0 Å². The smallest absolute Gasteiger partial charge is 0.0656 e.